The number of nitrogens with zero attached hydrogens (tertiary/aromatic N) is 2. The fourth-order valence-corrected chi connectivity index (χ4v) is 4.95. The van der Waals surface area contributed by atoms with Crippen LogP contribution < -0.4 is 19.5 Å². The number of rotatable bonds is 6. The summed E-state index contributed by atoms with van der Waals surface area (Å²) >= 11 is 0. The van der Waals surface area contributed by atoms with Crippen LogP contribution in [0.2, 0.25) is 0 Å². The van der Waals surface area contributed by atoms with Gasteiger partial charge in [-0.05, 0) is 25.5 Å². The number of carbonyl (C=O) groups excluding carboxylic acids is 1. The van der Waals surface area contributed by atoms with E-state index in [-0.39, 0.29) is 17.5 Å². The van der Waals surface area contributed by atoms with E-state index in [1.54, 1.807) is 29.8 Å². The average Bonchev–Trinajstić information content (AvgIpc) is 3.21. The zero-order valence-corrected chi connectivity index (χ0v) is 17.0. The second-order valence-electron chi connectivity index (χ2n) is 6.54. The molecule has 1 aromatic carbocycles. The first-order valence-corrected chi connectivity index (χ1v) is 10.5. The van der Waals surface area contributed by atoms with Crippen LogP contribution in [0.4, 0.5) is 5.82 Å². The van der Waals surface area contributed by atoms with Gasteiger partial charge in [0.25, 0.3) is 5.91 Å². The Morgan fingerprint density at radius 1 is 1.14 bits per heavy atom. The largest absolute Gasteiger partial charge is 0.493 e. The lowest BCUT2D eigenvalue weighted by Crippen LogP contribution is -2.19. The molecule has 10 heteroatoms. The standard InChI is InChI=1S/C18H23N3O6S/c1-11-7-16(21(20-11)13-5-6-28(23,24)10-13)19-18(22)12-8-14(25-2)17(27-4)15(9-12)26-3/h7-9,13H,5-6,10H2,1-4H3,(H,19,22). The van der Waals surface area contributed by atoms with Gasteiger partial charge in [-0.25, -0.2) is 13.1 Å². The topological polar surface area (TPSA) is 109 Å². The van der Waals surface area contributed by atoms with Gasteiger partial charge in [-0.15, -0.1) is 0 Å². The van der Waals surface area contributed by atoms with Crippen molar-refractivity contribution < 1.29 is 27.4 Å². The molecule has 0 spiro atoms. The van der Waals surface area contributed by atoms with Crippen molar-refractivity contribution in [1.29, 1.82) is 0 Å². The van der Waals surface area contributed by atoms with Gasteiger partial charge in [-0.3, -0.25) is 4.79 Å². The Balaban J connectivity index is 1.90. The number of methoxy groups -OCH3 is 3. The van der Waals surface area contributed by atoms with Crippen LogP contribution in [0.5, 0.6) is 17.2 Å². The van der Waals surface area contributed by atoms with Crippen molar-refractivity contribution in [2.24, 2.45) is 0 Å². The normalized spacial score (nSPS) is 17.9. The predicted molar refractivity (Wildman–Crippen MR) is 103 cm³/mol. The molecular formula is C18H23N3O6S. The minimum absolute atomic E-state index is 0.0151. The zero-order chi connectivity index (χ0) is 20.5. The van der Waals surface area contributed by atoms with Gasteiger partial charge in [0, 0.05) is 11.6 Å². The Morgan fingerprint density at radius 2 is 1.79 bits per heavy atom. The monoisotopic (exact) mass is 409 g/mol. The molecule has 9 nitrogen and oxygen atoms in total. The van der Waals surface area contributed by atoms with Crippen LogP contribution in [-0.4, -0.2) is 56.9 Å². The molecule has 0 radical (unpaired) electrons. The molecule has 1 aromatic heterocycles. The molecule has 0 aliphatic carbocycles. The third-order valence-corrected chi connectivity index (χ3v) is 6.33. The van der Waals surface area contributed by atoms with Crippen LogP contribution in [0.1, 0.15) is 28.5 Å². The maximum Gasteiger partial charge on any atom is 0.257 e. The minimum Gasteiger partial charge on any atom is -0.493 e. The summed E-state index contributed by atoms with van der Waals surface area (Å²) in [6.45, 7) is 1.79. The molecule has 3 rings (SSSR count). The number of hydrogen-bond donors (Lipinski definition) is 1. The van der Waals surface area contributed by atoms with Gasteiger partial charge in [0.05, 0.1) is 44.6 Å². The highest BCUT2D eigenvalue weighted by molar-refractivity contribution is 7.91. The van der Waals surface area contributed by atoms with Crippen LogP contribution >= 0.6 is 0 Å². The maximum atomic E-state index is 12.8. The number of anilines is 1. The molecule has 1 unspecified atom stereocenters. The van der Waals surface area contributed by atoms with E-state index >= 15 is 0 Å². The minimum atomic E-state index is -3.08. The highest BCUT2D eigenvalue weighted by atomic mass is 32.2. The highest BCUT2D eigenvalue weighted by Crippen LogP contribution is 2.38. The summed E-state index contributed by atoms with van der Waals surface area (Å²) in [7, 11) is 1.35. The number of hydrogen-bond acceptors (Lipinski definition) is 7. The Kier molecular flexibility index (Phi) is 5.50. The van der Waals surface area contributed by atoms with E-state index in [0.29, 0.717) is 40.7 Å². The van der Waals surface area contributed by atoms with Gasteiger partial charge in [0.15, 0.2) is 21.3 Å². The average molecular weight is 409 g/mol. The predicted octanol–water partition coefficient (Wildman–Crippen LogP) is 1.83. The van der Waals surface area contributed by atoms with Crippen molar-refractivity contribution in [2.45, 2.75) is 19.4 Å². The van der Waals surface area contributed by atoms with E-state index < -0.39 is 15.7 Å². The Bertz CT molecular complexity index is 974. The van der Waals surface area contributed by atoms with Gasteiger partial charge in [-0.1, -0.05) is 0 Å². The number of benzene rings is 1. The van der Waals surface area contributed by atoms with Crippen LogP contribution in [0.15, 0.2) is 18.2 Å². The summed E-state index contributed by atoms with van der Waals surface area (Å²) in [6, 6.07) is 4.50. The molecule has 28 heavy (non-hydrogen) atoms. The van der Waals surface area contributed by atoms with Gasteiger partial charge in [0.1, 0.15) is 5.82 Å². The number of carbonyl (C=O) groups is 1. The summed E-state index contributed by atoms with van der Waals surface area (Å²) in [4.78, 5) is 12.8. The lowest BCUT2D eigenvalue weighted by atomic mass is 10.1. The van der Waals surface area contributed by atoms with Crippen LogP contribution in [0.3, 0.4) is 0 Å². The van der Waals surface area contributed by atoms with Crippen molar-refractivity contribution in [3.05, 3.63) is 29.5 Å². The Labute approximate surface area is 163 Å². The van der Waals surface area contributed by atoms with E-state index in [2.05, 4.69) is 10.4 Å². The second-order valence-corrected chi connectivity index (χ2v) is 8.77. The molecule has 1 amide bonds. The zero-order valence-electron chi connectivity index (χ0n) is 16.2. The molecule has 1 atom stereocenters. The first kappa shape index (κ1) is 20.0. The summed E-state index contributed by atoms with van der Waals surface area (Å²) < 4.78 is 41.0. The molecule has 2 heterocycles. The molecule has 1 aliphatic rings. The van der Waals surface area contributed by atoms with Crippen molar-refractivity contribution in [3.8, 4) is 17.2 Å². The molecule has 152 valence electrons. The van der Waals surface area contributed by atoms with Gasteiger partial charge in [-0.2, -0.15) is 5.10 Å². The summed E-state index contributed by atoms with van der Waals surface area (Å²) in [6.07, 6.45) is 0.469. The van der Waals surface area contributed by atoms with Crippen molar-refractivity contribution in [1.82, 2.24) is 9.78 Å². The van der Waals surface area contributed by atoms with Gasteiger partial charge >= 0.3 is 0 Å². The summed E-state index contributed by atoms with van der Waals surface area (Å²) in [5, 5.41) is 7.17. The van der Waals surface area contributed by atoms with Gasteiger partial charge < -0.3 is 19.5 Å². The number of aryl methyl sites for hydroxylation is 1. The molecule has 1 saturated heterocycles. The number of aromatic nitrogens is 2. The van der Waals surface area contributed by atoms with E-state index in [4.69, 9.17) is 14.2 Å². The molecule has 1 fully saturated rings. The summed E-state index contributed by atoms with van der Waals surface area (Å²) in [5.41, 5.74) is 0.989. The van der Waals surface area contributed by atoms with Crippen LogP contribution in [-0.2, 0) is 9.84 Å². The highest BCUT2D eigenvalue weighted by Gasteiger charge is 2.31. The third kappa shape index (κ3) is 3.91. The molecule has 2 aromatic rings. The fourth-order valence-electron chi connectivity index (χ4n) is 3.26. The Hall–Kier alpha value is -2.75. The molecule has 1 aliphatic heterocycles. The van der Waals surface area contributed by atoms with Crippen molar-refractivity contribution in [3.63, 3.8) is 0 Å². The van der Waals surface area contributed by atoms with Crippen molar-refractivity contribution >= 4 is 21.6 Å². The number of nitrogens with one attached hydrogen (secondary N) is 1. The molecular weight excluding hydrogens is 386 g/mol. The smallest absolute Gasteiger partial charge is 0.257 e. The summed E-state index contributed by atoms with van der Waals surface area (Å²) in [5.74, 6) is 1.29. The van der Waals surface area contributed by atoms with Crippen molar-refractivity contribution in [2.75, 3.05) is 38.2 Å². The van der Waals surface area contributed by atoms with E-state index in [1.807, 2.05) is 0 Å². The molecule has 1 N–H and O–H groups in total. The number of ether oxygens (including phenoxy) is 3. The molecule has 0 bridgehead atoms. The first-order chi connectivity index (χ1) is 13.3. The third-order valence-electron chi connectivity index (χ3n) is 4.58. The number of sulfone groups is 1. The molecule has 0 saturated carbocycles. The lowest BCUT2D eigenvalue weighted by molar-refractivity contribution is 0.102. The van der Waals surface area contributed by atoms with Crippen LogP contribution in [0.25, 0.3) is 0 Å². The SMILES string of the molecule is COc1cc(C(=O)Nc2cc(C)nn2C2CCS(=O)(=O)C2)cc(OC)c1OC. The Morgan fingerprint density at radius 3 is 2.29 bits per heavy atom. The van der Waals surface area contributed by atoms with E-state index in [1.165, 1.54) is 21.3 Å². The lowest BCUT2D eigenvalue weighted by Gasteiger charge is -2.16. The second kappa shape index (κ2) is 7.70. The van der Waals surface area contributed by atoms with E-state index in [9.17, 15) is 13.2 Å². The maximum absolute atomic E-state index is 12.8. The van der Waals surface area contributed by atoms with Gasteiger partial charge in [0.2, 0.25) is 5.75 Å². The fraction of sp³-hybridized carbons (Fsp3) is 0.444. The first-order valence-electron chi connectivity index (χ1n) is 8.66. The van der Waals surface area contributed by atoms with E-state index in [0.717, 1.165) is 0 Å². The van der Waals surface area contributed by atoms with Crippen LogP contribution in [0, 0.1) is 6.92 Å². The number of amides is 1. The quantitative estimate of drug-likeness (QED) is 0.775.